The second kappa shape index (κ2) is 9.07. The van der Waals surface area contributed by atoms with Gasteiger partial charge in [0.1, 0.15) is 16.6 Å². The molecule has 1 aromatic heterocycles. The summed E-state index contributed by atoms with van der Waals surface area (Å²) < 4.78 is 45.4. The summed E-state index contributed by atoms with van der Waals surface area (Å²) in [6.45, 7) is 2.21. The molecule has 152 valence electrons. The van der Waals surface area contributed by atoms with E-state index in [4.69, 9.17) is 4.74 Å². The average Bonchev–Trinajstić information content (AvgIpc) is 3.18. The predicted molar refractivity (Wildman–Crippen MR) is 106 cm³/mol. The lowest BCUT2D eigenvalue weighted by molar-refractivity contribution is 0.102. The molecule has 2 N–H and O–H groups in total. The smallest absolute Gasteiger partial charge is 0.286 e. The maximum absolute atomic E-state index is 12.9. The largest absolute Gasteiger partial charge is 0.494 e. The molecule has 0 spiro atoms. The Morgan fingerprint density at radius 1 is 1.10 bits per heavy atom. The van der Waals surface area contributed by atoms with Gasteiger partial charge in [0.2, 0.25) is 15.0 Å². The van der Waals surface area contributed by atoms with Crippen molar-refractivity contribution in [2.75, 3.05) is 11.9 Å². The molecule has 0 saturated heterocycles. The molecular weight excluding hydrogens is 419 g/mol. The quantitative estimate of drug-likeness (QED) is 0.562. The normalized spacial score (nSPS) is 11.2. The number of benzene rings is 2. The van der Waals surface area contributed by atoms with Crippen LogP contribution >= 0.6 is 11.3 Å². The number of halogens is 1. The minimum absolute atomic E-state index is 0.0598. The summed E-state index contributed by atoms with van der Waals surface area (Å²) in [7, 11) is -3.76. The highest BCUT2D eigenvalue weighted by molar-refractivity contribution is 7.89. The second-order valence-electron chi connectivity index (χ2n) is 5.69. The number of hydrogen-bond donors (Lipinski definition) is 2. The first-order chi connectivity index (χ1) is 13.9. The van der Waals surface area contributed by atoms with Crippen molar-refractivity contribution >= 4 is 33.0 Å². The Morgan fingerprint density at radius 3 is 2.45 bits per heavy atom. The lowest BCUT2D eigenvalue weighted by atomic mass is 10.3. The molecule has 0 aliphatic heterocycles. The van der Waals surface area contributed by atoms with E-state index in [9.17, 15) is 17.6 Å². The molecule has 1 amide bonds. The number of sulfonamides is 1. The van der Waals surface area contributed by atoms with Gasteiger partial charge in [-0.1, -0.05) is 11.3 Å². The fourth-order valence-corrected chi connectivity index (χ4v) is 4.01. The Hall–Kier alpha value is -2.89. The molecule has 3 aromatic rings. The zero-order valence-electron chi connectivity index (χ0n) is 15.3. The van der Waals surface area contributed by atoms with Gasteiger partial charge in [-0.15, -0.1) is 10.2 Å². The molecule has 0 aliphatic carbocycles. The van der Waals surface area contributed by atoms with Crippen LogP contribution in [0.25, 0.3) is 0 Å². The number of carbonyl (C=O) groups excluding carboxylic acids is 1. The minimum Gasteiger partial charge on any atom is -0.494 e. The molecule has 1 heterocycles. The standard InChI is InChI=1S/C18H17FN4O4S2/c1-2-27-14-7-9-15(10-8-14)29(25,26)20-11-16-22-23-18(28-16)17(24)21-13-5-3-12(19)4-6-13/h3-10,20H,2,11H2,1H3,(H,21,24). The van der Waals surface area contributed by atoms with E-state index in [1.807, 2.05) is 6.92 Å². The molecule has 0 fully saturated rings. The van der Waals surface area contributed by atoms with Gasteiger partial charge in [0.05, 0.1) is 18.0 Å². The molecule has 3 rings (SSSR count). The van der Waals surface area contributed by atoms with E-state index < -0.39 is 21.7 Å². The molecule has 29 heavy (non-hydrogen) atoms. The summed E-state index contributed by atoms with van der Waals surface area (Å²) in [4.78, 5) is 12.3. The summed E-state index contributed by atoms with van der Waals surface area (Å²) in [6, 6.07) is 11.3. The van der Waals surface area contributed by atoms with Crippen LogP contribution < -0.4 is 14.8 Å². The highest BCUT2D eigenvalue weighted by Gasteiger charge is 2.17. The van der Waals surface area contributed by atoms with Crippen LogP contribution in [0.15, 0.2) is 53.4 Å². The highest BCUT2D eigenvalue weighted by atomic mass is 32.2. The number of amides is 1. The number of rotatable bonds is 8. The zero-order valence-corrected chi connectivity index (χ0v) is 16.9. The van der Waals surface area contributed by atoms with E-state index >= 15 is 0 Å². The van der Waals surface area contributed by atoms with Crippen molar-refractivity contribution in [1.82, 2.24) is 14.9 Å². The van der Waals surface area contributed by atoms with E-state index in [1.54, 1.807) is 12.1 Å². The van der Waals surface area contributed by atoms with Crippen LogP contribution in [0, 0.1) is 5.82 Å². The van der Waals surface area contributed by atoms with Gasteiger partial charge in [0.25, 0.3) is 5.91 Å². The van der Waals surface area contributed by atoms with E-state index in [1.165, 1.54) is 36.4 Å². The SMILES string of the molecule is CCOc1ccc(S(=O)(=O)NCc2nnc(C(=O)Nc3ccc(F)cc3)s2)cc1. The Balaban J connectivity index is 1.60. The molecule has 0 aliphatic rings. The summed E-state index contributed by atoms with van der Waals surface area (Å²) in [5.74, 6) is -0.358. The van der Waals surface area contributed by atoms with Gasteiger partial charge in [0, 0.05) is 5.69 Å². The predicted octanol–water partition coefficient (Wildman–Crippen LogP) is 2.81. The highest BCUT2D eigenvalue weighted by Crippen LogP contribution is 2.17. The first kappa shape index (κ1) is 20.8. The number of aromatic nitrogens is 2. The number of nitrogens with zero attached hydrogens (tertiary/aromatic N) is 2. The first-order valence-corrected chi connectivity index (χ1v) is 10.8. The summed E-state index contributed by atoms with van der Waals surface area (Å²) in [6.07, 6.45) is 0. The topological polar surface area (TPSA) is 110 Å². The fraction of sp³-hybridized carbons (Fsp3) is 0.167. The molecule has 0 unspecified atom stereocenters. The van der Waals surface area contributed by atoms with Gasteiger partial charge in [-0.05, 0) is 55.5 Å². The molecule has 0 bridgehead atoms. The Labute approximate surface area is 170 Å². The van der Waals surface area contributed by atoms with Crippen molar-refractivity contribution in [3.05, 3.63) is 64.4 Å². The monoisotopic (exact) mass is 436 g/mol. The number of anilines is 1. The first-order valence-electron chi connectivity index (χ1n) is 8.49. The van der Waals surface area contributed by atoms with Crippen molar-refractivity contribution in [3.63, 3.8) is 0 Å². The zero-order chi connectivity index (χ0) is 20.9. The minimum atomic E-state index is -3.76. The third-order valence-electron chi connectivity index (χ3n) is 3.62. The number of ether oxygens (including phenoxy) is 1. The second-order valence-corrected chi connectivity index (χ2v) is 8.52. The van der Waals surface area contributed by atoms with Crippen LogP contribution in [0.5, 0.6) is 5.75 Å². The number of nitrogens with one attached hydrogen (secondary N) is 2. The number of carbonyl (C=O) groups is 1. The van der Waals surface area contributed by atoms with Gasteiger partial charge in [-0.2, -0.15) is 0 Å². The van der Waals surface area contributed by atoms with Crippen LogP contribution in [0.2, 0.25) is 0 Å². The van der Waals surface area contributed by atoms with Crippen molar-refractivity contribution in [2.45, 2.75) is 18.4 Å². The maximum atomic E-state index is 12.9. The van der Waals surface area contributed by atoms with Crippen LogP contribution in [0.3, 0.4) is 0 Å². The van der Waals surface area contributed by atoms with Crippen molar-refractivity contribution < 1.29 is 22.3 Å². The van der Waals surface area contributed by atoms with Crippen LogP contribution in [0.1, 0.15) is 21.7 Å². The van der Waals surface area contributed by atoms with Crippen LogP contribution in [0.4, 0.5) is 10.1 Å². The third kappa shape index (κ3) is 5.56. The van der Waals surface area contributed by atoms with Gasteiger partial charge < -0.3 is 10.1 Å². The van der Waals surface area contributed by atoms with E-state index in [0.717, 1.165) is 11.3 Å². The molecule has 11 heteroatoms. The van der Waals surface area contributed by atoms with Gasteiger partial charge in [-0.3, -0.25) is 4.79 Å². The molecular formula is C18H17FN4O4S2. The molecule has 0 atom stereocenters. The molecule has 0 saturated carbocycles. The van der Waals surface area contributed by atoms with Gasteiger partial charge in [-0.25, -0.2) is 17.5 Å². The van der Waals surface area contributed by atoms with E-state index in [2.05, 4.69) is 20.2 Å². The Kier molecular flexibility index (Phi) is 6.52. The summed E-state index contributed by atoms with van der Waals surface area (Å²) in [5.41, 5.74) is 0.407. The lowest BCUT2D eigenvalue weighted by Gasteiger charge is -2.07. The van der Waals surface area contributed by atoms with Crippen LogP contribution in [-0.2, 0) is 16.6 Å². The molecule has 0 radical (unpaired) electrons. The van der Waals surface area contributed by atoms with E-state index in [-0.39, 0.29) is 16.4 Å². The van der Waals surface area contributed by atoms with Crippen molar-refractivity contribution in [1.29, 1.82) is 0 Å². The lowest BCUT2D eigenvalue weighted by Crippen LogP contribution is -2.23. The summed E-state index contributed by atoms with van der Waals surface area (Å²) in [5, 5.41) is 10.5. The average molecular weight is 436 g/mol. The van der Waals surface area contributed by atoms with Gasteiger partial charge >= 0.3 is 0 Å². The number of hydrogen-bond acceptors (Lipinski definition) is 7. The Morgan fingerprint density at radius 2 is 1.79 bits per heavy atom. The Bertz CT molecular complexity index is 1080. The molecule has 8 nitrogen and oxygen atoms in total. The van der Waals surface area contributed by atoms with Crippen molar-refractivity contribution in [2.24, 2.45) is 0 Å². The van der Waals surface area contributed by atoms with Crippen LogP contribution in [-0.4, -0.2) is 31.1 Å². The van der Waals surface area contributed by atoms with Crippen molar-refractivity contribution in [3.8, 4) is 5.75 Å². The van der Waals surface area contributed by atoms with Gasteiger partial charge in [0.15, 0.2) is 0 Å². The van der Waals surface area contributed by atoms with E-state index in [0.29, 0.717) is 23.1 Å². The fourth-order valence-electron chi connectivity index (χ4n) is 2.26. The maximum Gasteiger partial charge on any atom is 0.286 e. The summed E-state index contributed by atoms with van der Waals surface area (Å²) >= 11 is 0.953. The third-order valence-corrected chi connectivity index (χ3v) is 5.96. The molecule has 2 aromatic carbocycles.